The molecule has 0 N–H and O–H groups in total. The van der Waals surface area contributed by atoms with Gasteiger partial charge in [0.15, 0.2) is 0 Å². The maximum absolute atomic E-state index is 2.61. The van der Waals surface area contributed by atoms with Gasteiger partial charge in [0.25, 0.3) is 0 Å². The first-order valence-electron chi connectivity index (χ1n) is 20.4. The van der Waals surface area contributed by atoms with E-state index in [0.29, 0.717) is 11.8 Å². The monoisotopic (exact) mass is 727 g/mol. The van der Waals surface area contributed by atoms with Gasteiger partial charge in [0.1, 0.15) is 0 Å². The Kier molecular flexibility index (Phi) is 7.08. The van der Waals surface area contributed by atoms with Crippen LogP contribution in [0.4, 0.5) is 17.1 Å². The zero-order chi connectivity index (χ0) is 37.8. The normalized spacial score (nSPS) is 20.6. The van der Waals surface area contributed by atoms with Gasteiger partial charge in [-0.25, -0.2) is 0 Å². The molecule has 0 radical (unpaired) electrons. The highest BCUT2D eigenvalue weighted by atomic mass is 15.1. The van der Waals surface area contributed by atoms with Crippen molar-refractivity contribution >= 4 is 39.4 Å². The quantitative estimate of drug-likeness (QED) is 0.171. The van der Waals surface area contributed by atoms with E-state index in [-0.39, 0.29) is 5.92 Å². The van der Waals surface area contributed by atoms with Crippen molar-refractivity contribution in [3.8, 4) is 0 Å². The van der Waals surface area contributed by atoms with Gasteiger partial charge in [-0.05, 0) is 145 Å². The van der Waals surface area contributed by atoms with Crippen LogP contribution in [0.1, 0.15) is 39.8 Å². The second-order valence-corrected chi connectivity index (χ2v) is 16.4. The Bertz CT molecular complexity index is 3010. The van der Waals surface area contributed by atoms with Crippen molar-refractivity contribution in [2.24, 2.45) is 17.8 Å². The van der Waals surface area contributed by atoms with E-state index in [1.807, 2.05) is 0 Å². The molecule has 1 nitrogen and oxygen atoms in total. The van der Waals surface area contributed by atoms with Gasteiger partial charge < -0.3 is 4.90 Å². The van der Waals surface area contributed by atoms with Crippen LogP contribution in [-0.2, 0) is 0 Å². The van der Waals surface area contributed by atoms with Crippen LogP contribution in [0.3, 0.4) is 0 Å². The van der Waals surface area contributed by atoms with Crippen LogP contribution in [-0.4, -0.2) is 0 Å². The van der Waals surface area contributed by atoms with Crippen LogP contribution in [0.25, 0.3) is 22.3 Å². The number of rotatable bonds is 5. The SMILES string of the molecule is Cc1ccccc1N(c1ccc2c(c1)C1=CC=C3C4=C(C=C5C(c6ccccc6)=c6ccccc6=C(c6ccccc6)C5C4)C4=CC=C2C1C43)c1ccccc1C. The minimum atomic E-state index is 0.257. The molecular formula is C56H41N. The lowest BCUT2D eigenvalue weighted by molar-refractivity contribution is 0.655. The van der Waals surface area contributed by atoms with Crippen LogP contribution in [0.5, 0.6) is 0 Å². The Hall–Kier alpha value is -6.70. The van der Waals surface area contributed by atoms with Crippen molar-refractivity contribution in [1.82, 2.24) is 0 Å². The number of anilines is 3. The summed E-state index contributed by atoms with van der Waals surface area (Å²) in [5.74, 6) is 0.904. The van der Waals surface area contributed by atoms with Gasteiger partial charge in [0.2, 0.25) is 0 Å². The highest BCUT2D eigenvalue weighted by molar-refractivity contribution is 6.01. The molecule has 0 bridgehead atoms. The third kappa shape index (κ3) is 4.69. The van der Waals surface area contributed by atoms with Crippen LogP contribution in [0.15, 0.2) is 210 Å². The fourth-order valence-electron chi connectivity index (χ4n) is 11.1. The molecule has 6 aromatic carbocycles. The van der Waals surface area contributed by atoms with Crippen molar-refractivity contribution in [3.05, 3.63) is 254 Å². The van der Waals surface area contributed by atoms with Gasteiger partial charge in [0.05, 0.1) is 0 Å². The van der Waals surface area contributed by atoms with Gasteiger partial charge >= 0.3 is 0 Å². The first kappa shape index (κ1) is 32.5. The van der Waals surface area contributed by atoms with Gasteiger partial charge in [0, 0.05) is 34.8 Å². The summed E-state index contributed by atoms with van der Waals surface area (Å²) in [5.41, 5.74) is 24.7. The van der Waals surface area contributed by atoms with E-state index in [4.69, 9.17) is 0 Å². The van der Waals surface area contributed by atoms with Gasteiger partial charge in [-0.2, -0.15) is 0 Å². The number of benzene rings is 6. The summed E-state index contributed by atoms with van der Waals surface area (Å²) < 4.78 is 0. The highest BCUT2D eigenvalue weighted by Gasteiger charge is 2.49. The molecule has 0 saturated carbocycles. The Balaban J connectivity index is 1.02. The summed E-state index contributed by atoms with van der Waals surface area (Å²) in [6, 6.07) is 56.1. The summed E-state index contributed by atoms with van der Waals surface area (Å²) in [6.07, 6.45) is 13.5. The zero-order valence-corrected chi connectivity index (χ0v) is 32.2. The predicted molar refractivity (Wildman–Crippen MR) is 237 cm³/mol. The molecule has 270 valence electrons. The summed E-state index contributed by atoms with van der Waals surface area (Å²) in [5, 5.41) is 2.69. The van der Waals surface area contributed by atoms with E-state index in [9.17, 15) is 0 Å². The standard InChI is InChI=1S/C56H41N/c1-34-15-9-13-23-51(34)57(52-24-14-10-16-35(52)2)38-25-26-39-42-27-28-44-47-32-49-50(33-48(47)45-30-29-43(46(39)31-38)55(42)56(44)45)54(37-19-7-4-8-20-37)41-22-12-11-21-40(41)53(49)36-17-5-3-6-18-36/h3-32,50,55-56H,33H2,1-2H3. The fraction of sp³-hybridized carbons (Fsp3) is 0.107. The zero-order valence-electron chi connectivity index (χ0n) is 32.2. The number of para-hydroxylation sites is 2. The lowest BCUT2D eigenvalue weighted by atomic mass is 9.69. The second kappa shape index (κ2) is 12.4. The molecule has 0 saturated heterocycles. The molecule has 0 aliphatic heterocycles. The molecule has 0 aromatic heterocycles. The largest absolute Gasteiger partial charge is 0.310 e. The summed E-state index contributed by atoms with van der Waals surface area (Å²) in [4.78, 5) is 2.46. The molecule has 6 aliphatic carbocycles. The Morgan fingerprint density at radius 1 is 0.474 bits per heavy atom. The van der Waals surface area contributed by atoms with Gasteiger partial charge in [-0.15, -0.1) is 0 Å². The number of aryl methyl sites for hydroxylation is 2. The molecule has 57 heavy (non-hydrogen) atoms. The molecule has 0 spiro atoms. The number of nitrogens with zero attached hydrogens (tertiary/aromatic N) is 1. The summed E-state index contributed by atoms with van der Waals surface area (Å²) >= 11 is 0. The van der Waals surface area contributed by atoms with Crippen LogP contribution >= 0.6 is 0 Å². The predicted octanol–water partition coefficient (Wildman–Crippen LogP) is 12.0. The number of hydrogen-bond donors (Lipinski definition) is 0. The number of fused-ring (bicyclic) bond motifs is 7. The number of hydrogen-bond acceptors (Lipinski definition) is 1. The third-order valence-corrected chi connectivity index (χ3v) is 13.5. The average molecular weight is 728 g/mol. The number of allylic oxidation sites excluding steroid dienone is 12. The Morgan fingerprint density at radius 2 is 1.04 bits per heavy atom. The van der Waals surface area contributed by atoms with E-state index in [1.165, 1.54) is 111 Å². The summed E-state index contributed by atoms with van der Waals surface area (Å²) in [6.45, 7) is 4.44. The van der Waals surface area contributed by atoms with E-state index < -0.39 is 0 Å². The highest BCUT2D eigenvalue weighted by Crippen LogP contribution is 2.64. The average Bonchev–Trinajstić information content (AvgIpc) is 3.75. The van der Waals surface area contributed by atoms with Crippen LogP contribution in [0.2, 0.25) is 0 Å². The molecular weight excluding hydrogens is 687 g/mol. The lowest BCUT2D eigenvalue weighted by Crippen LogP contribution is -2.38. The minimum absolute atomic E-state index is 0.257. The third-order valence-electron chi connectivity index (χ3n) is 13.5. The molecule has 3 atom stereocenters. The van der Waals surface area contributed by atoms with Crippen LogP contribution < -0.4 is 15.3 Å². The Morgan fingerprint density at radius 3 is 1.74 bits per heavy atom. The molecule has 0 amide bonds. The van der Waals surface area contributed by atoms with E-state index in [2.05, 4.69) is 201 Å². The maximum Gasteiger partial charge on any atom is 0.0490 e. The fourth-order valence-corrected chi connectivity index (χ4v) is 11.1. The van der Waals surface area contributed by atoms with Gasteiger partial charge in [-0.3, -0.25) is 0 Å². The molecule has 12 rings (SSSR count). The van der Waals surface area contributed by atoms with Crippen molar-refractivity contribution in [2.75, 3.05) is 4.90 Å². The first-order valence-corrected chi connectivity index (χ1v) is 20.4. The minimum Gasteiger partial charge on any atom is -0.310 e. The first-order chi connectivity index (χ1) is 28.1. The molecule has 6 aromatic rings. The van der Waals surface area contributed by atoms with Crippen molar-refractivity contribution in [1.29, 1.82) is 0 Å². The summed E-state index contributed by atoms with van der Waals surface area (Å²) in [7, 11) is 0. The Labute approximate surface area is 334 Å². The van der Waals surface area contributed by atoms with E-state index in [1.54, 1.807) is 0 Å². The van der Waals surface area contributed by atoms with E-state index >= 15 is 0 Å². The van der Waals surface area contributed by atoms with Crippen molar-refractivity contribution in [3.63, 3.8) is 0 Å². The second-order valence-electron chi connectivity index (χ2n) is 16.4. The van der Waals surface area contributed by atoms with Crippen molar-refractivity contribution in [2.45, 2.75) is 20.3 Å². The molecule has 1 heteroatoms. The maximum atomic E-state index is 2.61. The molecule has 6 aliphatic rings. The lowest BCUT2D eigenvalue weighted by Gasteiger charge is -2.34. The molecule has 0 fully saturated rings. The van der Waals surface area contributed by atoms with Gasteiger partial charge in [-0.1, -0.05) is 152 Å². The molecule has 3 unspecified atom stereocenters. The van der Waals surface area contributed by atoms with E-state index in [0.717, 1.165) is 6.42 Å². The van der Waals surface area contributed by atoms with Crippen molar-refractivity contribution < 1.29 is 0 Å². The topological polar surface area (TPSA) is 3.24 Å². The molecule has 0 heterocycles. The smallest absolute Gasteiger partial charge is 0.0490 e. The van der Waals surface area contributed by atoms with Crippen LogP contribution in [0, 0.1) is 31.6 Å².